The number of hydrogen-bond donors (Lipinski definition) is 1. The highest BCUT2D eigenvalue weighted by molar-refractivity contribution is 7.20. The van der Waals surface area contributed by atoms with Gasteiger partial charge >= 0.3 is 0 Å². The van der Waals surface area contributed by atoms with Crippen molar-refractivity contribution < 1.29 is 4.74 Å². The normalized spacial score (nSPS) is 16.0. The van der Waals surface area contributed by atoms with Crippen LogP contribution in [0.25, 0.3) is 0 Å². The highest BCUT2D eigenvalue weighted by Gasteiger charge is 2.24. The fourth-order valence-electron chi connectivity index (χ4n) is 2.31. The smallest absolute Gasteiger partial charge is 0.120 e. The molecule has 1 N–H and O–H groups in total. The van der Waals surface area contributed by atoms with Crippen LogP contribution in [0.15, 0.2) is 30.3 Å². The van der Waals surface area contributed by atoms with E-state index in [9.17, 15) is 0 Å². The highest BCUT2D eigenvalue weighted by atomic mass is 35.5. The molecule has 2 aromatic rings. The van der Waals surface area contributed by atoms with Crippen molar-refractivity contribution in [2.75, 3.05) is 6.54 Å². The number of halogens is 2. The predicted molar refractivity (Wildman–Crippen MR) is 90.0 cm³/mol. The number of hydrogen-bond acceptors (Lipinski definition) is 3. The molecule has 3 rings (SSSR count). The molecule has 1 saturated carbocycles. The Morgan fingerprint density at radius 1 is 1.33 bits per heavy atom. The third-order valence-electron chi connectivity index (χ3n) is 3.42. The zero-order valence-electron chi connectivity index (χ0n) is 11.7. The summed E-state index contributed by atoms with van der Waals surface area (Å²) in [6.45, 7) is 2.93. The standard InChI is InChI=1S/C16H17Cl2NOS/c1-2-19-15(13-9-14(17)21-16(13)18)10-4-3-5-12(8-10)20-11-6-7-11/h3-5,8-9,11,15,19H,2,6-7H2,1H3. The Labute approximate surface area is 139 Å². The van der Waals surface area contributed by atoms with Crippen molar-refractivity contribution in [2.24, 2.45) is 0 Å². The Morgan fingerprint density at radius 3 is 2.76 bits per heavy atom. The second kappa shape index (κ2) is 6.57. The molecule has 0 amide bonds. The molecule has 1 heterocycles. The van der Waals surface area contributed by atoms with E-state index in [1.807, 2.05) is 18.2 Å². The lowest BCUT2D eigenvalue weighted by atomic mass is 10.0. The molecule has 1 unspecified atom stereocenters. The first kappa shape index (κ1) is 15.2. The van der Waals surface area contributed by atoms with Gasteiger partial charge in [-0.1, -0.05) is 42.3 Å². The first-order valence-corrected chi connectivity index (χ1v) is 8.69. The molecule has 1 aliphatic carbocycles. The van der Waals surface area contributed by atoms with Crippen LogP contribution >= 0.6 is 34.5 Å². The van der Waals surface area contributed by atoms with Gasteiger partial charge < -0.3 is 10.1 Å². The largest absolute Gasteiger partial charge is 0.490 e. The van der Waals surface area contributed by atoms with E-state index in [0.717, 1.165) is 40.6 Å². The van der Waals surface area contributed by atoms with Crippen LogP contribution in [0, 0.1) is 0 Å². The number of nitrogens with one attached hydrogen (secondary N) is 1. The number of thiophene rings is 1. The summed E-state index contributed by atoms with van der Waals surface area (Å²) in [6, 6.07) is 10.2. The molecular weight excluding hydrogens is 325 g/mol. The summed E-state index contributed by atoms with van der Waals surface area (Å²) >= 11 is 13.8. The molecule has 0 bridgehead atoms. The molecule has 2 nitrogen and oxygen atoms in total. The molecule has 1 atom stereocenters. The molecule has 1 aliphatic rings. The van der Waals surface area contributed by atoms with E-state index >= 15 is 0 Å². The fraction of sp³-hybridized carbons (Fsp3) is 0.375. The van der Waals surface area contributed by atoms with Crippen molar-refractivity contribution in [3.63, 3.8) is 0 Å². The van der Waals surface area contributed by atoms with Gasteiger partial charge in [0.05, 0.1) is 20.8 Å². The van der Waals surface area contributed by atoms with E-state index in [1.54, 1.807) is 0 Å². The van der Waals surface area contributed by atoms with Gasteiger partial charge in [0.15, 0.2) is 0 Å². The molecule has 0 spiro atoms. The number of benzene rings is 1. The Kier molecular flexibility index (Phi) is 4.75. The van der Waals surface area contributed by atoms with Crippen LogP contribution in [0.2, 0.25) is 8.67 Å². The molecule has 0 aliphatic heterocycles. The maximum absolute atomic E-state index is 6.32. The first-order chi connectivity index (χ1) is 10.2. The van der Waals surface area contributed by atoms with Gasteiger partial charge in [-0.25, -0.2) is 0 Å². The minimum absolute atomic E-state index is 0.0361. The Morgan fingerprint density at radius 2 is 2.14 bits per heavy atom. The maximum Gasteiger partial charge on any atom is 0.120 e. The molecule has 0 radical (unpaired) electrons. The lowest BCUT2D eigenvalue weighted by Crippen LogP contribution is -2.21. The van der Waals surface area contributed by atoms with Crippen molar-refractivity contribution in [3.05, 3.63) is 50.1 Å². The molecule has 112 valence electrons. The van der Waals surface area contributed by atoms with Gasteiger partial charge in [0, 0.05) is 5.56 Å². The summed E-state index contributed by atoms with van der Waals surface area (Å²) in [5.74, 6) is 0.926. The monoisotopic (exact) mass is 341 g/mol. The molecule has 21 heavy (non-hydrogen) atoms. The zero-order chi connectivity index (χ0) is 14.8. The summed E-state index contributed by atoms with van der Waals surface area (Å²) in [4.78, 5) is 0. The van der Waals surface area contributed by atoms with Gasteiger partial charge in [-0.3, -0.25) is 0 Å². The zero-order valence-corrected chi connectivity index (χ0v) is 14.1. The maximum atomic E-state index is 6.32. The minimum atomic E-state index is 0.0361. The van der Waals surface area contributed by atoms with E-state index in [1.165, 1.54) is 11.3 Å². The molecule has 1 aromatic heterocycles. The van der Waals surface area contributed by atoms with Gasteiger partial charge in [-0.05, 0) is 43.1 Å². The molecule has 0 saturated heterocycles. The topological polar surface area (TPSA) is 21.3 Å². The van der Waals surface area contributed by atoms with Gasteiger partial charge in [-0.15, -0.1) is 11.3 Å². The molecule has 1 aromatic carbocycles. The quantitative estimate of drug-likeness (QED) is 0.770. The van der Waals surface area contributed by atoms with Crippen LogP contribution in [0.4, 0.5) is 0 Å². The van der Waals surface area contributed by atoms with Crippen LogP contribution in [0.1, 0.15) is 36.9 Å². The van der Waals surface area contributed by atoms with Crippen molar-refractivity contribution in [1.82, 2.24) is 5.32 Å². The van der Waals surface area contributed by atoms with Gasteiger partial charge in [0.25, 0.3) is 0 Å². The molecule has 5 heteroatoms. The lowest BCUT2D eigenvalue weighted by molar-refractivity contribution is 0.302. The van der Waals surface area contributed by atoms with E-state index in [0.29, 0.717) is 10.4 Å². The Hall–Kier alpha value is -0.740. The minimum Gasteiger partial charge on any atom is -0.490 e. The number of rotatable bonds is 6. The second-order valence-electron chi connectivity index (χ2n) is 5.16. The van der Waals surface area contributed by atoms with E-state index in [-0.39, 0.29) is 6.04 Å². The lowest BCUT2D eigenvalue weighted by Gasteiger charge is -2.19. The molecule has 1 fully saturated rings. The van der Waals surface area contributed by atoms with E-state index < -0.39 is 0 Å². The van der Waals surface area contributed by atoms with Crippen LogP contribution in [-0.4, -0.2) is 12.6 Å². The second-order valence-corrected chi connectivity index (χ2v) is 7.45. The van der Waals surface area contributed by atoms with Crippen LogP contribution in [-0.2, 0) is 0 Å². The predicted octanol–water partition coefficient (Wildman–Crippen LogP) is 5.30. The van der Waals surface area contributed by atoms with Crippen molar-refractivity contribution in [3.8, 4) is 5.75 Å². The fourth-order valence-corrected chi connectivity index (χ4v) is 3.84. The first-order valence-electron chi connectivity index (χ1n) is 7.12. The van der Waals surface area contributed by atoms with Gasteiger partial charge in [0.2, 0.25) is 0 Å². The Balaban J connectivity index is 1.90. The van der Waals surface area contributed by atoms with Gasteiger partial charge in [0.1, 0.15) is 5.75 Å². The Bertz CT molecular complexity index is 624. The van der Waals surface area contributed by atoms with Crippen molar-refractivity contribution in [1.29, 1.82) is 0 Å². The summed E-state index contributed by atoms with van der Waals surface area (Å²) in [5.41, 5.74) is 2.17. The number of ether oxygens (including phenoxy) is 1. The van der Waals surface area contributed by atoms with E-state index in [2.05, 4.69) is 24.4 Å². The van der Waals surface area contributed by atoms with Crippen LogP contribution in [0.5, 0.6) is 5.75 Å². The summed E-state index contributed by atoms with van der Waals surface area (Å²) in [7, 11) is 0. The SMILES string of the molecule is CCNC(c1cccc(OC2CC2)c1)c1cc(Cl)sc1Cl. The van der Waals surface area contributed by atoms with Crippen molar-refractivity contribution in [2.45, 2.75) is 31.9 Å². The van der Waals surface area contributed by atoms with Crippen LogP contribution in [0.3, 0.4) is 0 Å². The molecular formula is C16H17Cl2NOS. The van der Waals surface area contributed by atoms with Crippen molar-refractivity contribution >= 4 is 34.5 Å². The average Bonchev–Trinajstić information content (AvgIpc) is 3.20. The summed E-state index contributed by atoms with van der Waals surface area (Å²) < 4.78 is 7.33. The summed E-state index contributed by atoms with van der Waals surface area (Å²) in [5, 5.41) is 3.47. The third kappa shape index (κ3) is 3.72. The summed E-state index contributed by atoms with van der Waals surface area (Å²) in [6.07, 6.45) is 2.72. The highest BCUT2D eigenvalue weighted by Crippen LogP contribution is 2.38. The third-order valence-corrected chi connectivity index (χ3v) is 4.94. The van der Waals surface area contributed by atoms with Gasteiger partial charge in [-0.2, -0.15) is 0 Å². The average molecular weight is 342 g/mol. The van der Waals surface area contributed by atoms with E-state index in [4.69, 9.17) is 27.9 Å². The van der Waals surface area contributed by atoms with Crippen LogP contribution < -0.4 is 10.1 Å².